The zero-order chi connectivity index (χ0) is 83.5. The number of hydrogen-bond acceptors (Lipinski definition) is 2. The summed E-state index contributed by atoms with van der Waals surface area (Å²) in [4.78, 5) is 2.44. The van der Waals surface area contributed by atoms with Crippen molar-refractivity contribution in [2.45, 2.75) is 102 Å². The molecule has 0 heterocycles. The Kier molecular flexibility index (Phi) is 15.2. The molecule has 0 fully saturated rings. The number of nitrogens with one attached hydrogen (secondary N) is 1. The third-order valence-corrected chi connectivity index (χ3v) is 26.3. The summed E-state index contributed by atoms with van der Waals surface area (Å²) in [5.41, 5.74) is 40.1. The van der Waals surface area contributed by atoms with Crippen molar-refractivity contribution < 1.29 is 8.22 Å². The van der Waals surface area contributed by atoms with Crippen LogP contribution in [0.4, 0.5) is 28.4 Å². The van der Waals surface area contributed by atoms with Gasteiger partial charge in [0.05, 0.1) is 16.5 Å². The Hall–Kier alpha value is -12.4. The largest absolute Gasteiger partial charge is 0.355 e. The lowest BCUT2D eigenvalue weighted by Gasteiger charge is -2.33. The van der Waals surface area contributed by atoms with Crippen LogP contribution < -0.4 is 10.2 Å². The average molecular weight is 1550 g/mol. The van der Waals surface area contributed by atoms with Crippen molar-refractivity contribution in [1.29, 1.82) is 0 Å². The third-order valence-electron chi connectivity index (χ3n) is 25.8. The van der Waals surface area contributed by atoms with E-state index < -0.39 is 29.9 Å². The SMILES string of the molecule is Brc1ccc2c(c1)C1(c3ccccc3-c3ccccc31)c1ccccc1-2.[2H]C([2H])([2H])C(C)(C)c1ccc(-c2ccccc2N(c2ccc3c(c2)C(C)(C)c2ccccc2-3)c2ccc3c(c2)C2(c4ccccc4-c4ccccc42)c2ccccc2-3)cc1.[2H]C([2H])([2H])C(C)(C)c1ccc(-c2ccccc2Nc2ccc3c(c2)C(C)(C)c2ccccc2-3)cc1. The summed E-state index contributed by atoms with van der Waals surface area (Å²) in [6.07, 6.45) is 0. The van der Waals surface area contributed by atoms with Gasteiger partial charge in [-0.3, -0.25) is 0 Å². The van der Waals surface area contributed by atoms with Crippen LogP contribution in [0, 0.1) is 0 Å². The fourth-order valence-corrected chi connectivity index (χ4v) is 20.7. The molecular formula is C112H91BrN2. The molecule has 16 aromatic carbocycles. The van der Waals surface area contributed by atoms with Gasteiger partial charge < -0.3 is 10.2 Å². The first-order valence-corrected chi connectivity index (χ1v) is 41.0. The molecule has 6 aliphatic rings. The molecule has 0 atom stereocenters. The molecule has 556 valence electrons. The normalized spacial score (nSPS) is 15.5. The van der Waals surface area contributed by atoms with Crippen LogP contribution in [0.5, 0.6) is 0 Å². The summed E-state index contributed by atoms with van der Waals surface area (Å²) in [7, 11) is 0. The van der Waals surface area contributed by atoms with E-state index in [2.05, 4.69) is 369 Å². The number of benzene rings is 16. The molecule has 0 saturated heterocycles. The zero-order valence-corrected chi connectivity index (χ0v) is 67.6. The zero-order valence-electron chi connectivity index (χ0n) is 72.0. The minimum Gasteiger partial charge on any atom is -0.355 e. The molecule has 115 heavy (non-hydrogen) atoms. The van der Waals surface area contributed by atoms with Crippen LogP contribution in [0.3, 0.4) is 0 Å². The molecule has 6 aliphatic carbocycles. The van der Waals surface area contributed by atoms with Crippen LogP contribution in [0.2, 0.25) is 0 Å². The molecule has 0 amide bonds. The lowest BCUT2D eigenvalue weighted by Crippen LogP contribution is -2.26. The maximum Gasteiger partial charge on any atom is 0.0726 e. The van der Waals surface area contributed by atoms with E-state index in [1.54, 1.807) is 27.7 Å². The second-order valence-corrected chi connectivity index (χ2v) is 34.9. The van der Waals surface area contributed by atoms with Gasteiger partial charge >= 0.3 is 0 Å². The van der Waals surface area contributed by atoms with Crippen molar-refractivity contribution >= 4 is 44.4 Å². The number of halogens is 1. The number of para-hydroxylation sites is 2. The van der Waals surface area contributed by atoms with Crippen LogP contribution in [0.15, 0.2) is 368 Å². The first-order valence-electron chi connectivity index (χ1n) is 43.2. The molecule has 0 aliphatic heterocycles. The fourth-order valence-electron chi connectivity index (χ4n) is 20.4. The topological polar surface area (TPSA) is 15.3 Å². The lowest BCUT2D eigenvalue weighted by atomic mass is 9.70. The number of rotatable bonds is 7. The van der Waals surface area contributed by atoms with Crippen LogP contribution in [0.25, 0.3) is 89.0 Å². The Morgan fingerprint density at radius 3 is 0.983 bits per heavy atom. The fraction of sp³-hybridized carbons (Fsp3) is 0.143. The highest BCUT2D eigenvalue weighted by Gasteiger charge is 2.54. The number of anilines is 5. The molecule has 1 N–H and O–H groups in total. The van der Waals surface area contributed by atoms with Gasteiger partial charge in [0.1, 0.15) is 0 Å². The van der Waals surface area contributed by atoms with Crippen LogP contribution in [0.1, 0.15) is 155 Å². The van der Waals surface area contributed by atoms with E-state index in [-0.39, 0.29) is 16.2 Å². The van der Waals surface area contributed by atoms with E-state index in [4.69, 9.17) is 8.22 Å². The van der Waals surface area contributed by atoms with Gasteiger partial charge in [-0.25, -0.2) is 0 Å². The monoisotopic (exact) mass is 1550 g/mol. The highest BCUT2D eigenvalue weighted by Crippen LogP contribution is 2.66. The van der Waals surface area contributed by atoms with Crippen molar-refractivity contribution in [3.63, 3.8) is 0 Å². The van der Waals surface area contributed by atoms with E-state index in [0.717, 1.165) is 66.3 Å². The van der Waals surface area contributed by atoms with Crippen molar-refractivity contribution in [2.75, 3.05) is 10.2 Å². The van der Waals surface area contributed by atoms with Gasteiger partial charge in [-0.15, -0.1) is 0 Å². The quantitative estimate of drug-likeness (QED) is 0.171. The van der Waals surface area contributed by atoms with Crippen LogP contribution >= 0.6 is 15.9 Å². The Morgan fingerprint density at radius 2 is 0.565 bits per heavy atom. The number of fused-ring (bicyclic) bond motifs is 26. The second kappa shape index (κ2) is 26.9. The third kappa shape index (κ3) is 11.1. The molecule has 22 rings (SSSR count). The molecule has 2 spiro atoms. The minimum atomic E-state index is -2.13. The highest BCUT2D eigenvalue weighted by atomic mass is 79.9. The summed E-state index contributed by atoms with van der Waals surface area (Å²) in [5, 5.41) is 3.64. The Bertz CT molecular complexity index is 6750. The molecule has 0 bridgehead atoms. The van der Waals surface area contributed by atoms with Gasteiger partial charge in [0.2, 0.25) is 0 Å². The Balaban J connectivity index is 0.000000128. The number of nitrogens with zero attached hydrogens (tertiary/aromatic N) is 1. The smallest absolute Gasteiger partial charge is 0.0726 e. The van der Waals surface area contributed by atoms with Gasteiger partial charge in [-0.05, 0) is 227 Å². The van der Waals surface area contributed by atoms with Crippen molar-refractivity contribution in [2.24, 2.45) is 0 Å². The summed E-state index contributed by atoms with van der Waals surface area (Å²) in [6, 6.07) is 131. The lowest BCUT2D eigenvalue weighted by molar-refractivity contribution is 0.590. The van der Waals surface area contributed by atoms with Gasteiger partial charge in [-0.1, -0.05) is 388 Å². The molecule has 0 aromatic heterocycles. The van der Waals surface area contributed by atoms with Crippen LogP contribution in [-0.2, 0) is 32.5 Å². The van der Waals surface area contributed by atoms with E-state index in [9.17, 15) is 0 Å². The van der Waals surface area contributed by atoms with E-state index in [1.807, 2.05) is 48.5 Å². The minimum absolute atomic E-state index is 0.0471. The van der Waals surface area contributed by atoms with Crippen LogP contribution in [-0.4, -0.2) is 0 Å². The maximum atomic E-state index is 8.26. The van der Waals surface area contributed by atoms with E-state index in [1.165, 1.54) is 134 Å². The standard InChI is InChI=1S/C56H45N.C31H31N.C25H15Br/c1-54(2,3)37-28-26-36(27-29-37)40-16-10-15-25-53(40)57(38-30-32-45-41-17-6-11-21-47(41)55(4,5)51(45)34-38)39-31-33-46-44-20-9-14-24-50(44)56(52(46)35-39)48-22-12-7-18-42(48)43-19-8-13-23-49(43)56;1-30(2,3)22-16-14-21(15-17-22)24-10-7-9-13-29(24)32-23-18-19-26-25-11-6-8-12-27(25)31(4,5)28(26)20-23;26-16-13-14-20-19-9-3-6-12-23(19)25(24(20)15-16)21-10-4-1-7-17(21)18-8-2-5-11-22(18)25/h6-35H,1-5H3;6-20,32H,1-5H3;1-15H/i2*1D3;. The van der Waals surface area contributed by atoms with Gasteiger partial charge in [0, 0.05) is 57.4 Å². The van der Waals surface area contributed by atoms with Crippen molar-refractivity contribution in [1.82, 2.24) is 0 Å². The summed E-state index contributed by atoms with van der Waals surface area (Å²) in [5.74, 6) is 0. The maximum absolute atomic E-state index is 8.26. The predicted molar refractivity (Wildman–Crippen MR) is 487 cm³/mol. The molecule has 0 radical (unpaired) electrons. The predicted octanol–water partition coefficient (Wildman–Crippen LogP) is 30.3. The molecule has 16 aromatic rings. The first-order chi connectivity index (χ1) is 58.2. The van der Waals surface area contributed by atoms with Crippen molar-refractivity contribution in [3.8, 4) is 89.0 Å². The van der Waals surface area contributed by atoms with E-state index >= 15 is 0 Å². The highest BCUT2D eigenvalue weighted by molar-refractivity contribution is 9.10. The molecule has 0 saturated carbocycles. The first kappa shape index (κ1) is 65.0. The van der Waals surface area contributed by atoms with Crippen molar-refractivity contribution in [3.05, 3.63) is 446 Å². The molecule has 2 nitrogen and oxygen atoms in total. The average Bonchev–Trinajstić information content (AvgIpc) is 1.51. The molecule has 3 heteroatoms. The number of hydrogen-bond donors (Lipinski definition) is 1. The Labute approximate surface area is 695 Å². The Morgan fingerprint density at radius 1 is 0.270 bits per heavy atom. The van der Waals surface area contributed by atoms with Gasteiger partial charge in [-0.2, -0.15) is 0 Å². The van der Waals surface area contributed by atoms with E-state index in [0.29, 0.717) is 0 Å². The summed E-state index contributed by atoms with van der Waals surface area (Å²) in [6.45, 7) is 12.2. The van der Waals surface area contributed by atoms with Gasteiger partial charge in [0.15, 0.2) is 0 Å². The second-order valence-electron chi connectivity index (χ2n) is 34.0. The van der Waals surface area contributed by atoms with Gasteiger partial charge in [0.25, 0.3) is 0 Å². The summed E-state index contributed by atoms with van der Waals surface area (Å²) >= 11 is 3.72. The molecule has 0 unspecified atom stereocenters. The molecular weight excluding hydrogens is 1450 g/mol. The summed E-state index contributed by atoms with van der Waals surface area (Å²) < 4.78 is 49.6.